The molecule has 1 heterocycles. The minimum absolute atomic E-state index is 0.0943. The Morgan fingerprint density at radius 3 is 2.42 bits per heavy atom. The summed E-state index contributed by atoms with van der Waals surface area (Å²) in [5, 5.41) is 2.79. The van der Waals surface area contributed by atoms with Crippen molar-refractivity contribution in [2.45, 2.75) is 0 Å². The van der Waals surface area contributed by atoms with E-state index < -0.39 is 5.82 Å². The van der Waals surface area contributed by atoms with E-state index >= 15 is 0 Å². The van der Waals surface area contributed by atoms with Gasteiger partial charge in [-0.15, -0.1) is 0 Å². The summed E-state index contributed by atoms with van der Waals surface area (Å²) in [5.74, 6) is 0.0102. The molecule has 0 aliphatic carbocycles. The number of amides is 1. The van der Waals surface area contributed by atoms with Gasteiger partial charge in [0.2, 0.25) is 0 Å². The highest BCUT2D eigenvalue weighted by Gasteiger charge is 2.17. The monoisotopic (exact) mass is 357 g/mol. The maximum atomic E-state index is 13.6. The van der Waals surface area contributed by atoms with Gasteiger partial charge in [-0.2, -0.15) is 0 Å². The smallest absolute Gasteiger partial charge is 0.254 e. The van der Waals surface area contributed by atoms with Crippen LogP contribution in [0, 0.1) is 5.82 Å². The summed E-state index contributed by atoms with van der Waals surface area (Å²) in [6.45, 7) is 5.01. The number of nitrogens with one attached hydrogen (secondary N) is 1. The molecule has 1 aliphatic rings. The van der Waals surface area contributed by atoms with E-state index in [1.807, 2.05) is 12.1 Å². The molecule has 26 heavy (non-hydrogen) atoms. The van der Waals surface area contributed by atoms with Gasteiger partial charge in [-0.05, 0) is 36.4 Å². The number of hydrogen-bond acceptors (Lipinski definition) is 4. The number of carbonyl (C=O) groups excluding carboxylic acids is 1. The minimum atomic E-state index is -0.488. The molecule has 6 heteroatoms. The molecule has 0 atom stereocenters. The van der Waals surface area contributed by atoms with Gasteiger partial charge in [-0.3, -0.25) is 9.69 Å². The molecule has 1 saturated heterocycles. The predicted molar refractivity (Wildman–Crippen MR) is 100 cm³/mol. The first-order valence-corrected chi connectivity index (χ1v) is 8.81. The van der Waals surface area contributed by atoms with Crippen molar-refractivity contribution in [1.82, 2.24) is 10.2 Å². The van der Waals surface area contributed by atoms with Crippen molar-refractivity contribution in [3.63, 3.8) is 0 Å². The van der Waals surface area contributed by atoms with Crippen LogP contribution in [0.5, 0.6) is 5.75 Å². The highest BCUT2D eigenvalue weighted by Crippen LogP contribution is 2.20. The van der Waals surface area contributed by atoms with Crippen LogP contribution in [0.2, 0.25) is 0 Å². The van der Waals surface area contributed by atoms with Gasteiger partial charge in [0.25, 0.3) is 5.91 Å². The van der Waals surface area contributed by atoms with Crippen LogP contribution >= 0.6 is 0 Å². The number of nitrogens with zero attached hydrogens (tertiary/aromatic N) is 2. The summed E-state index contributed by atoms with van der Waals surface area (Å²) < 4.78 is 18.8. The number of carbonyl (C=O) groups is 1. The Morgan fingerprint density at radius 1 is 1.08 bits per heavy atom. The Labute approximate surface area is 153 Å². The van der Waals surface area contributed by atoms with Crippen molar-refractivity contribution >= 4 is 11.6 Å². The van der Waals surface area contributed by atoms with E-state index in [0.29, 0.717) is 6.54 Å². The van der Waals surface area contributed by atoms with E-state index in [0.717, 1.165) is 38.5 Å². The molecule has 1 aliphatic heterocycles. The lowest BCUT2D eigenvalue weighted by atomic mass is 10.2. The third-order valence-corrected chi connectivity index (χ3v) is 4.64. The van der Waals surface area contributed by atoms with Crippen molar-refractivity contribution in [1.29, 1.82) is 0 Å². The third-order valence-electron chi connectivity index (χ3n) is 4.64. The number of halogens is 1. The number of piperazine rings is 1. The topological polar surface area (TPSA) is 44.8 Å². The highest BCUT2D eigenvalue weighted by atomic mass is 19.1. The van der Waals surface area contributed by atoms with Crippen LogP contribution in [0.1, 0.15) is 10.4 Å². The molecule has 0 saturated carbocycles. The maximum Gasteiger partial charge on any atom is 0.254 e. The molecule has 0 unspecified atom stereocenters. The summed E-state index contributed by atoms with van der Waals surface area (Å²) in [6, 6.07) is 14.1. The summed E-state index contributed by atoms with van der Waals surface area (Å²) in [7, 11) is 1.67. The fourth-order valence-corrected chi connectivity index (χ4v) is 3.09. The summed E-state index contributed by atoms with van der Waals surface area (Å²) >= 11 is 0. The standard InChI is InChI=1S/C20H24FN3O2/c1-26-17-8-6-16(7-9-17)24-14-12-23(13-15-24)11-10-22-20(25)18-4-2-3-5-19(18)21/h2-9H,10-15H2,1H3,(H,22,25). The van der Waals surface area contributed by atoms with E-state index in [1.165, 1.54) is 17.8 Å². The van der Waals surface area contributed by atoms with Gasteiger partial charge in [0.15, 0.2) is 0 Å². The Hall–Kier alpha value is -2.60. The first-order chi connectivity index (χ1) is 12.7. The SMILES string of the molecule is COc1ccc(N2CCN(CCNC(=O)c3ccccc3F)CC2)cc1. The Kier molecular flexibility index (Phi) is 6.07. The Morgan fingerprint density at radius 2 is 1.77 bits per heavy atom. The molecular formula is C20H24FN3O2. The van der Waals surface area contributed by atoms with Crippen molar-refractivity contribution in [3.8, 4) is 5.75 Å². The van der Waals surface area contributed by atoms with Gasteiger partial charge in [-0.1, -0.05) is 12.1 Å². The fraction of sp³-hybridized carbons (Fsp3) is 0.350. The van der Waals surface area contributed by atoms with Crippen LogP contribution in [0.25, 0.3) is 0 Å². The molecule has 0 bridgehead atoms. The highest BCUT2D eigenvalue weighted by molar-refractivity contribution is 5.94. The maximum absolute atomic E-state index is 13.6. The van der Waals surface area contributed by atoms with Gasteiger partial charge < -0.3 is 15.0 Å². The molecule has 3 rings (SSSR count). The van der Waals surface area contributed by atoms with Crippen LogP contribution < -0.4 is 15.0 Å². The predicted octanol–water partition coefficient (Wildman–Crippen LogP) is 2.39. The van der Waals surface area contributed by atoms with Crippen LogP contribution in [0.15, 0.2) is 48.5 Å². The van der Waals surface area contributed by atoms with Crippen molar-refractivity contribution in [2.75, 3.05) is 51.3 Å². The quantitative estimate of drug-likeness (QED) is 0.862. The Bertz CT molecular complexity index is 728. The van der Waals surface area contributed by atoms with Crippen LogP contribution in [-0.2, 0) is 0 Å². The van der Waals surface area contributed by atoms with Crippen molar-refractivity contribution in [2.24, 2.45) is 0 Å². The average molecular weight is 357 g/mol. The Balaban J connectivity index is 1.41. The molecule has 1 fully saturated rings. The second-order valence-electron chi connectivity index (χ2n) is 6.26. The molecule has 0 spiro atoms. The largest absolute Gasteiger partial charge is 0.497 e. The van der Waals surface area contributed by atoms with Crippen molar-refractivity contribution in [3.05, 3.63) is 59.9 Å². The normalized spacial score (nSPS) is 14.9. The summed E-state index contributed by atoms with van der Waals surface area (Å²) in [6.07, 6.45) is 0. The molecule has 0 radical (unpaired) electrons. The van der Waals surface area contributed by atoms with Crippen LogP contribution in [0.4, 0.5) is 10.1 Å². The van der Waals surface area contributed by atoms with Crippen molar-refractivity contribution < 1.29 is 13.9 Å². The number of benzene rings is 2. The second kappa shape index (κ2) is 8.67. The lowest BCUT2D eigenvalue weighted by Crippen LogP contribution is -2.48. The third kappa shape index (κ3) is 4.52. The first-order valence-electron chi connectivity index (χ1n) is 8.81. The number of hydrogen-bond donors (Lipinski definition) is 1. The molecule has 1 N–H and O–H groups in total. The zero-order valence-electron chi connectivity index (χ0n) is 15.0. The molecule has 5 nitrogen and oxygen atoms in total. The molecule has 1 amide bonds. The first kappa shape index (κ1) is 18.2. The molecular weight excluding hydrogens is 333 g/mol. The van der Waals surface area contributed by atoms with Gasteiger partial charge in [0.1, 0.15) is 11.6 Å². The van der Waals surface area contributed by atoms with E-state index in [1.54, 1.807) is 19.2 Å². The van der Waals surface area contributed by atoms with Gasteiger partial charge in [0, 0.05) is 45.0 Å². The number of rotatable bonds is 6. The van der Waals surface area contributed by atoms with E-state index in [2.05, 4.69) is 27.2 Å². The average Bonchev–Trinajstić information content (AvgIpc) is 2.69. The van der Waals surface area contributed by atoms with E-state index in [4.69, 9.17) is 4.74 Å². The van der Waals surface area contributed by atoms with Crippen LogP contribution in [-0.4, -0.2) is 57.2 Å². The number of anilines is 1. The van der Waals surface area contributed by atoms with Crippen LogP contribution in [0.3, 0.4) is 0 Å². The fourth-order valence-electron chi connectivity index (χ4n) is 3.09. The van der Waals surface area contributed by atoms with E-state index in [-0.39, 0.29) is 11.5 Å². The zero-order chi connectivity index (χ0) is 18.4. The molecule has 0 aromatic heterocycles. The second-order valence-corrected chi connectivity index (χ2v) is 6.26. The van der Waals surface area contributed by atoms with Gasteiger partial charge in [0.05, 0.1) is 12.7 Å². The van der Waals surface area contributed by atoms with Gasteiger partial charge >= 0.3 is 0 Å². The minimum Gasteiger partial charge on any atom is -0.497 e. The van der Waals surface area contributed by atoms with E-state index in [9.17, 15) is 9.18 Å². The summed E-state index contributed by atoms with van der Waals surface area (Å²) in [4.78, 5) is 16.7. The summed E-state index contributed by atoms with van der Waals surface area (Å²) in [5.41, 5.74) is 1.29. The zero-order valence-corrected chi connectivity index (χ0v) is 15.0. The lowest BCUT2D eigenvalue weighted by molar-refractivity contribution is 0.0943. The molecule has 2 aromatic carbocycles. The number of methoxy groups -OCH3 is 1. The number of ether oxygens (including phenoxy) is 1. The molecule has 2 aromatic rings. The van der Waals surface area contributed by atoms with Gasteiger partial charge in [-0.25, -0.2) is 4.39 Å². The lowest BCUT2D eigenvalue weighted by Gasteiger charge is -2.36. The molecule has 138 valence electrons.